The first-order valence-electron chi connectivity index (χ1n) is 5.07. The van der Waals surface area contributed by atoms with Gasteiger partial charge in [-0.1, -0.05) is 18.4 Å². The summed E-state index contributed by atoms with van der Waals surface area (Å²) < 4.78 is 15.1. The lowest BCUT2D eigenvalue weighted by Gasteiger charge is -2.00. The second-order valence-electron chi connectivity index (χ2n) is 3.69. The number of halogens is 1. The Bertz CT molecular complexity index is 596. The van der Waals surface area contributed by atoms with Gasteiger partial charge >= 0.3 is 0 Å². The Labute approximate surface area is 98.7 Å². The van der Waals surface area contributed by atoms with Crippen LogP contribution < -0.4 is 5.73 Å². The molecule has 2 rings (SSSR count). The lowest BCUT2D eigenvalue weighted by atomic mass is 10.1. The van der Waals surface area contributed by atoms with Crippen LogP contribution in [0.1, 0.15) is 5.56 Å². The lowest BCUT2D eigenvalue weighted by molar-refractivity contribution is 0.669. The van der Waals surface area contributed by atoms with Crippen molar-refractivity contribution in [3.05, 3.63) is 65.6 Å². The monoisotopic (exact) mass is 229 g/mol. The van der Waals surface area contributed by atoms with Crippen molar-refractivity contribution in [3.63, 3.8) is 0 Å². The van der Waals surface area contributed by atoms with Gasteiger partial charge in [0.25, 0.3) is 0 Å². The van der Waals surface area contributed by atoms with Crippen LogP contribution in [0, 0.1) is 0 Å². The van der Waals surface area contributed by atoms with E-state index in [2.05, 4.69) is 17.4 Å². The summed E-state index contributed by atoms with van der Waals surface area (Å²) in [5.74, 6) is -0.505. The molecule has 1 heterocycles. The molecule has 0 saturated carbocycles. The maximum atomic E-state index is 13.5. The second-order valence-corrected chi connectivity index (χ2v) is 3.69. The topological polar surface area (TPSA) is 43.8 Å². The fourth-order valence-electron chi connectivity index (χ4n) is 1.57. The summed E-state index contributed by atoms with van der Waals surface area (Å²) in [5, 5.41) is 4.05. The van der Waals surface area contributed by atoms with Crippen molar-refractivity contribution in [1.29, 1.82) is 0 Å². The molecule has 0 fully saturated rings. The molecular weight excluding hydrogens is 217 g/mol. The molecule has 1 aromatic rings. The Morgan fingerprint density at radius 3 is 2.88 bits per heavy atom. The van der Waals surface area contributed by atoms with Gasteiger partial charge < -0.3 is 5.73 Å². The second kappa shape index (κ2) is 4.28. The molecule has 0 atom stereocenters. The number of aryl methyl sites for hydroxylation is 1. The predicted molar refractivity (Wildman–Crippen MR) is 65.3 cm³/mol. The molecule has 0 spiro atoms. The average Bonchev–Trinajstić information content (AvgIpc) is 2.64. The Kier molecular flexibility index (Phi) is 2.81. The normalized spacial score (nSPS) is 15.4. The van der Waals surface area contributed by atoms with E-state index in [1.807, 2.05) is 0 Å². The van der Waals surface area contributed by atoms with Gasteiger partial charge in [0, 0.05) is 24.4 Å². The van der Waals surface area contributed by atoms with Crippen molar-refractivity contribution in [2.75, 3.05) is 0 Å². The molecular formula is C13H12FN3. The molecule has 17 heavy (non-hydrogen) atoms. The van der Waals surface area contributed by atoms with E-state index in [1.54, 1.807) is 36.3 Å². The van der Waals surface area contributed by atoms with E-state index in [9.17, 15) is 4.39 Å². The van der Waals surface area contributed by atoms with Gasteiger partial charge in [0.1, 0.15) is 0 Å². The number of hydrogen-bond acceptors (Lipinski definition) is 2. The van der Waals surface area contributed by atoms with Gasteiger partial charge in [-0.2, -0.15) is 9.49 Å². The fourth-order valence-corrected chi connectivity index (χ4v) is 1.57. The highest BCUT2D eigenvalue weighted by molar-refractivity contribution is 5.78. The highest BCUT2D eigenvalue weighted by Gasteiger charge is 2.08. The summed E-state index contributed by atoms with van der Waals surface area (Å²) in [6.45, 7) is 3.65. The average molecular weight is 229 g/mol. The van der Waals surface area contributed by atoms with Gasteiger partial charge in [-0.25, -0.2) is 0 Å². The summed E-state index contributed by atoms with van der Waals surface area (Å²) in [4.78, 5) is 0. The van der Waals surface area contributed by atoms with E-state index in [-0.39, 0.29) is 5.70 Å². The number of rotatable bonds is 2. The third-order valence-electron chi connectivity index (χ3n) is 2.42. The SMILES string of the molecule is C=CC1=CC(c2cnn(C)c2)=CC(F)=C=C1N. The molecule has 0 radical (unpaired) electrons. The number of hydrogen-bond donors (Lipinski definition) is 1. The van der Waals surface area contributed by atoms with Crippen LogP contribution in [0.25, 0.3) is 5.57 Å². The molecule has 86 valence electrons. The van der Waals surface area contributed by atoms with Crippen molar-refractivity contribution in [2.24, 2.45) is 12.8 Å². The minimum atomic E-state index is -0.505. The molecule has 4 heteroatoms. The van der Waals surface area contributed by atoms with Crippen LogP contribution in [0.15, 0.2) is 60.0 Å². The number of nitrogens with zero attached hydrogens (tertiary/aromatic N) is 2. The molecule has 0 unspecified atom stereocenters. The molecule has 2 N–H and O–H groups in total. The molecule has 0 bridgehead atoms. The van der Waals surface area contributed by atoms with Crippen LogP contribution in [0.2, 0.25) is 0 Å². The van der Waals surface area contributed by atoms with E-state index >= 15 is 0 Å². The van der Waals surface area contributed by atoms with Gasteiger partial charge in [-0.15, -0.1) is 0 Å². The van der Waals surface area contributed by atoms with Gasteiger partial charge in [-0.3, -0.25) is 4.68 Å². The summed E-state index contributed by atoms with van der Waals surface area (Å²) in [6, 6.07) is 0. The number of aromatic nitrogens is 2. The van der Waals surface area contributed by atoms with Crippen LogP contribution >= 0.6 is 0 Å². The maximum Gasteiger partial charge on any atom is 0.168 e. The largest absolute Gasteiger partial charge is 0.392 e. The third kappa shape index (κ3) is 2.27. The van der Waals surface area contributed by atoms with Gasteiger partial charge in [-0.05, 0) is 17.7 Å². The first kappa shape index (κ1) is 11.2. The van der Waals surface area contributed by atoms with Crippen LogP contribution in [0.5, 0.6) is 0 Å². The highest BCUT2D eigenvalue weighted by Crippen LogP contribution is 2.23. The Balaban J connectivity index is 2.54. The quantitative estimate of drug-likeness (QED) is 0.790. The maximum absolute atomic E-state index is 13.5. The van der Waals surface area contributed by atoms with Crippen molar-refractivity contribution in [3.8, 4) is 0 Å². The highest BCUT2D eigenvalue weighted by atomic mass is 19.1. The molecule has 0 aliphatic heterocycles. The molecule has 1 aromatic heterocycles. The summed E-state index contributed by atoms with van der Waals surface area (Å²) in [5.41, 5.74) is 10.5. The number of nitrogens with two attached hydrogens (primary N) is 1. The zero-order valence-electron chi connectivity index (χ0n) is 9.44. The van der Waals surface area contributed by atoms with Crippen molar-refractivity contribution >= 4 is 5.57 Å². The first-order chi connectivity index (χ1) is 8.10. The number of allylic oxidation sites excluding steroid dienone is 4. The lowest BCUT2D eigenvalue weighted by Crippen LogP contribution is -1.97. The molecule has 0 saturated heterocycles. The third-order valence-corrected chi connectivity index (χ3v) is 2.42. The van der Waals surface area contributed by atoms with E-state index < -0.39 is 5.83 Å². The van der Waals surface area contributed by atoms with Crippen LogP contribution in [-0.4, -0.2) is 9.78 Å². The van der Waals surface area contributed by atoms with E-state index in [0.29, 0.717) is 11.1 Å². The summed E-state index contributed by atoms with van der Waals surface area (Å²) in [6.07, 6.45) is 8.18. The van der Waals surface area contributed by atoms with E-state index in [4.69, 9.17) is 5.73 Å². The Hall–Kier alpha value is -2.32. The molecule has 1 aliphatic carbocycles. The van der Waals surface area contributed by atoms with Crippen LogP contribution in [0.4, 0.5) is 4.39 Å². The van der Waals surface area contributed by atoms with Crippen molar-refractivity contribution in [2.45, 2.75) is 0 Å². The zero-order chi connectivity index (χ0) is 12.4. The van der Waals surface area contributed by atoms with Crippen LogP contribution in [0.3, 0.4) is 0 Å². The summed E-state index contributed by atoms with van der Waals surface area (Å²) >= 11 is 0. The fraction of sp³-hybridized carbons (Fsp3) is 0.0769. The van der Waals surface area contributed by atoms with Crippen molar-refractivity contribution in [1.82, 2.24) is 9.78 Å². The zero-order valence-corrected chi connectivity index (χ0v) is 9.44. The summed E-state index contributed by atoms with van der Waals surface area (Å²) in [7, 11) is 1.80. The van der Waals surface area contributed by atoms with Gasteiger partial charge in [0.15, 0.2) is 5.83 Å². The van der Waals surface area contributed by atoms with Crippen molar-refractivity contribution < 1.29 is 4.39 Å². The molecule has 1 aliphatic rings. The van der Waals surface area contributed by atoms with E-state index in [1.165, 1.54) is 6.08 Å². The van der Waals surface area contributed by atoms with E-state index in [0.717, 1.165) is 5.56 Å². The Morgan fingerprint density at radius 2 is 2.29 bits per heavy atom. The van der Waals surface area contributed by atoms with Gasteiger partial charge in [0.2, 0.25) is 0 Å². The minimum absolute atomic E-state index is 0.243. The van der Waals surface area contributed by atoms with Gasteiger partial charge in [0.05, 0.1) is 11.9 Å². The minimum Gasteiger partial charge on any atom is -0.392 e. The standard InChI is InChI=1S/C13H12FN3/c1-3-9-4-10(5-12(14)6-13(9)15)11-7-16-17(2)8-11/h3-5,7-8H,1,15H2,2H3. The molecule has 0 aromatic carbocycles. The first-order valence-corrected chi connectivity index (χ1v) is 5.07. The van der Waals surface area contributed by atoms with Crippen LogP contribution in [-0.2, 0) is 7.05 Å². The smallest absolute Gasteiger partial charge is 0.168 e. The molecule has 3 nitrogen and oxygen atoms in total. The molecule has 0 amide bonds. The predicted octanol–water partition coefficient (Wildman–Crippen LogP) is 2.22. The Morgan fingerprint density at radius 1 is 1.53 bits per heavy atom.